The Morgan fingerprint density at radius 3 is 1.72 bits per heavy atom. The van der Waals surface area contributed by atoms with Gasteiger partial charge >= 0.3 is 150 Å². The number of benzene rings is 2. The topological polar surface area (TPSA) is 57.2 Å². The fraction of sp³-hybridized carbons (Fsp3) is 0.294. The van der Waals surface area contributed by atoms with E-state index in [2.05, 4.69) is 0 Å². The third-order valence-electron chi connectivity index (χ3n) is 3.74. The van der Waals surface area contributed by atoms with E-state index < -0.39 is 39.5 Å². The van der Waals surface area contributed by atoms with Crippen molar-refractivity contribution in [2.24, 2.45) is 0 Å². The zero-order valence-electron chi connectivity index (χ0n) is 13.8. The van der Waals surface area contributed by atoms with Crippen molar-refractivity contribution in [1.82, 2.24) is 0 Å². The summed E-state index contributed by atoms with van der Waals surface area (Å²) in [4.78, 5) is 0. The molecular formula is C17H18F3IO3S-2. The second kappa shape index (κ2) is 6.88. The molecule has 1 unspecified atom stereocenters. The first kappa shape index (κ1) is 20.2. The number of rotatable bonds is 5. The van der Waals surface area contributed by atoms with Crippen LogP contribution in [0.2, 0.25) is 0 Å². The first-order chi connectivity index (χ1) is 11.4. The standard InChI is InChI=1S/C17H19F3IO3S/c1-12(2)14-6-10-16(11-7-14)21(20,17(18,19)25(22,23)24)15-8-4-13(3)5-9-15/h4-12H,1-3H3,(H,22,23,24)/q-1/p-1. The molecule has 8 heteroatoms. The molecule has 2 aromatic rings. The van der Waals surface area contributed by atoms with Crippen LogP contribution in [0.15, 0.2) is 48.5 Å². The van der Waals surface area contributed by atoms with E-state index in [0.717, 1.165) is 17.7 Å². The van der Waals surface area contributed by atoms with Crippen LogP contribution in [0.25, 0.3) is 0 Å². The van der Waals surface area contributed by atoms with Gasteiger partial charge in [-0.3, -0.25) is 0 Å². The van der Waals surface area contributed by atoms with Crippen molar-refractivity contribution in [3.05, 3.63) is 66.8 Å². The van der Waals surface area contributed by atoms with Crippen LogP contribution in [0.3, 0.4) is 0 Å². The molecule has 0 N–H and O–H groups in total. The fourth-order valence-corrected chi connectivity index (χ4v) is 10.8. The number of halogens is 4. The van der Waals surface area contributed by atoms with Crippen LogP contribution in [0, 0.1) is 14.1 Å². The van der Waals surface area contributed by atoms with E-state index in [1.165, 1.54) is 36.4 Å². The predicted molar refractivity (Wildman–Crippen MR) is 84.9 cm³/mol. The molecule has 0 heterocycles. The molecule has 0 amide bonds. The molecule has 0 aliphatic carbocycles. The van der Waals surface area contributed by atoms with Crippen molar-refractivity contribution in [2.45, 2.75) is 30.0 Å². The predicted octanol–water partition coefficient (Wildman–Crippen LogP) is 1.30. The van der Waals surface area contributed by atoms with Crippen LogP contribution >= 0.6 is 0 Å². The Morgan fingerprint density at radius 1 is 0.960 bits per heavy atom. The van der Waals surface area contributed by atoms with Crippen molar-refractivity contribution < 1.29 is 43.6 Å². The average Bonchev–Trinajstić information content (AvgIpc) is 2.53. The van der Waals surface area contributed by atoms with Gasteiger partial charge in [0.05, 0.1) is 0 Å². The minimum atomic E-state index is -6.24. The minimum absolute atomic E-state index is 0.0952. The third-order valence-corrected chi connectivity index (χ3v) is 13.9. The van der Waals surface area contributed by atoms with E-state index in [1.807, 2.05) is 13.8 Å². The van der Waals surface area contributed by atoms with Gasteiger partial charge in [-0.15, -0.1) is 0 Å². The molecule has 2 aromatic carbocycles. The summed E-state index contributed by atoms with van der Waals surface area (Å²) in [7, 11) is -6.17. The first-order valence-electron chi connectivity index (χ1n) is 7.38. The first-order valence-corrected chi connectivity index (χ1v) is 12.8. The Morgan fingerprint density at radius 2 is 1.36 bits per heavy atom. The SMILES string of the molecule is Cc1ccc([I-](F)(c2ccc(C(C)C)cc2)C(F)(F)S(=O)(=O)[O-])cc1. The van der Waals surface area contributed by atoms with E-state index in [-0.39, 0.29) is 5.92 Å². The maximum absolute atomic E-state index is 15.8. The van der Waals surface area contributed by atoms with E-state index in [4.69, 9.17) is 0 Å². The summed E-state index contributed by atoms with van der Waals surface area (Å²) in [5.41, 5.74) is 1.50. The summed E-state index contributed by atoms with van der Waals surface area (Å²) in [5.74, 6) is 0.0952. The summed E-state index contributed by atoms with van der Waals surface area (Å²) >= 11 is -6.24. The number of aryl methyl sites for hydroxylation is 1. The Balaban J connectivity index is 2.74. The molecule has 0 aromatic heterocycles. The van der Waals surface area contributed by atoms with Gasteiger partial charge in [0, 0.05) is 0 Å². The zero-order chi connectivity index (χ0) is 19.0. The zero-order valence-corrected chi connectivity index (χ0v) is 16.8. The normalized spacial score (nSPS) is 16.5. The van der Waals surface area contributed by atoms with Gasteiger partial charge in [0.15, 0.2) is 0 Å². The number of alkyl halides is 3. The molecule has 0 fully saturated rings. The van der Waals surface area contributed by atoms with Crippen molar-refractivity contribution in [3.8, 4) is 0 Å². The Hall–Kier alpha value is -1.13. The molecule has 0 spiro atoms. The van der Waals surface area contributed by atoms with Crippen molar-refractivity contribution in [1.29, 1.82) is 0 Å². The van der Waals surface area contributed by atoms with Crippen LogP contribution < -0.4 is 19.0 Å². The molecule has 140 valence electrons. The number of hydrogen-bond donors (Lipinski definition) is 0. The molecule has 0 aliphatic rings. The average molecular weight is 486 g/mol. The molecule has 0 saturated carbocycles. The van der Waals surface area contributed by atoms with Gasteiger partial charge in [0.25, 0.3) is 0 Å². The number of hydrogen-bond acceptors (Lipinski definition) is 3. The molecule has 0 aliphatic heterocycles. The quantitative estimate of drug-likeness (QED) is 0.364. The van der Waals surface area contributed by atoms with Gasteiger partial charge in [-0.25, -0.2) is 0 Å². The fourth-order valence-electron chi connectivity index (χ4n) is 2.24. The Bertz CT molecular complexity index is 850. The molecule has 0 bridgehead atoms. The molecule has 1 atom stereocenters. The van der Waals surface area contributed by atoms with E-state index in [0.29, 0.717) is 5.56 Å². The van der Waals surface area contributed by atoms with Crippen molar-refractivity contribution >= 4 is 10.1 Å². The second-order valence-corrected chi connectivity index (χ2v) is 14.7. The van der Waals surface area contributed by atoms with Gasteiger partial charge in [-0.1, -0.05) is 0 Å². The van der Waals surface area contributed by atoms with E-state index in [1.54, 1.807) is 6.92 Å². The second-order valence-electron chi connectivity index (χ2n) is 5.90. The van der Waals surface area contributed by atoms with E-state index >= 15 is 2.86 Å². The van der Waals surface area contributed by atoms with Gasteiger partial charge in [0.1, 0.15) is 0 Å². The van der Waals surface area contributed by atoms with Crippen molar-refractivity contribution in [2.75, 3.05) is 0 Å². The van der Waals surface area contributed by atoms with E-state index in [9.17, 15) is 21.8 Å². The van der Waals surface area contributed by atoms with Crippen LogP contribution in [-0.2, 0) is 10.1 Å². The van der Waals surface area contributed by atoms with Crippen LogP contribution in [0.1, 0.15) is 30.9 Å². The van der Waals surface area contributed by atoms with Gasteiger partial charge in [-0.2, -0.15) is 0 Å². The summed E-state index contributed by atoms with van der Waals surface area (Å²) < 4.78 is 72.6. The molecule has 0 radical (unpaired) electrons. The van der Waals surface area contributed by atoms with Crippen molar-refractivity contribution in [3.63, 3.8) is 0 Å². The van der Waals surface area contributed by atoms with Crippen LogP contribution in [-0.4, -0.2) is 16.2 Å². The van der Waals surface area contributed by atoms with Crippen LogP contribution in [0.4, 0.5) is 11.6 Å². The third kappa shape index (κ3) is 3.56. The molecular weight excluding hydrogens is 468 g/mol. The summed E-state index contributed by atoms with van der Waals surface area (Å²) in [6.07, 6.45) is 0. The summed E-state index contributed by atoms with van der Waals surface area (Å²) in [6.45, 7) is 5.46. The molecule has 2 rings (SSSR count). The Kier molecular flexibility index (Phi) is 5.56. The van der Waals surface area contributed by atoms with Gasteiger partial charge < -0.3 is 0 Å². The molecule has 25 heavy (non-hydrogen) atoms. The Labute approximate surface area is 150 Å². The molecule has 0 saturated heterocycles. The molecule has 3 nitrogen and oxygen atoms in total. The monoisotopic (exact) mass is 486 g/mol. The summed E-state index contributed by atoms with van der Waals surface area (Å²) in [6, 6.07) is 10.4. The maximum atomic E-state index is 15.8. The summed E-state index contributed by atoms with van der Waals surface area (Å²) in [5, 5.41) is 0. The van der Waals surface area contributed by atoms with Crippen LogP contribution in [0.5, 0.6) is 0 Å². The van der Waals surface area contributed by atoms with Gasteiger partial charge in [0.2, 0.25) is 0 Å². The van der Waals surface area contributed by atoms with Gasteiger partial charge in [-0.05, 0) is 0 Å².